The van der Waals surface area contributed by atoms with E-state index in [0.717, 1.165) is 5.69 Å². The van der Waals surface area contributed by atoms with Crippen LogP contribution in [0.5, 0.6) is 0 Å². The first-order valence-corrected chi connectivity index (χ1v) is 5.38. The topological polar surface area (TPSA) is 59.1 Å². The number of thiocarbonyl (C=S) groups is 1. The van der Waals surface area contributed by atoms with E-state index in [1.807, 2.05) is 19.9 Å². The van der Waals surface area contributed by atoms with E-state index >= 15 is 0 Å². The van der Waals surface area contributed by atoms with Crippen LogP contribution in [0, 0.1) is 6.92 Å². The van der Waals surface area contributed by atoms with Gasteiger partial charge in [0.2, 0.25) is 5.95 Å². The number of nitrogens with one attached hydrogen (secondary N) is 2. The van der Waals surface area contributed by atoms with Crippen molar-refractivity contribution in [3.8, 4) is 0 Å². The predicted octanol–water partition coefficient (Wildman–Crippen LogP) is 1.11. The lowest BCUT2D eigenvalue weighted by Crippen LogP contribution is -2.38. The van der Waals surface area contributed by atoms with Crippen LogP contribution >= 0.6 is 12.2 Å². The molecule has 0 spiro atoms. The van der Waals surface area contributed by atoms with E-state index in [0.29, 0.717) is 17.7 Å². The van der Waals surface area contributed by atoms with Gasteiger partial charge in [0.1, 0.15) is 0 Å². The van der Waals surface area contributed by atoms with Gasteiger partial charge >= 0.3 is 0 Å². The van der Waals surface area contributed by atoms with Gasteiger partial charge < -0.3 is 15.4 Å². The van der Waals surface area contributed by atoms with Crippen LogP contribution in [-0.2, 0) is 4.74 Å². The van der Waals surface area contributed by atoms with Crippen molar-refractivity contribution < 1.29 is 4.74 Å². The van der Waals surface area contributed by atoms with Gasteiger partial charge in [0.25, 0.3) is 0 Å². The molecule has 0 fully saturated rings. The number of methoxy groups -OCH3 is 1. The molecule has 2 N–H and O–H groups in total. The first-order chi connectivity index (χ1) is 7.61. The standard InChI is InChI=1S/C10H16N4OS/c1-7-4-5-11-9(12-7)14-10(16)13-8(2)6-15-3/h4-5,8H,6H2,1-3H3,(H2,11,12,13,14,16). The number of nitrogens with zero attached hydrogens (tertiary/aromatic N) is 2. The fourth-order valence-electron chi connectivity index (χ4n) is 1.16. The molecule has 1 unspecified atom stereocenters. The maximum Gasteiger partial charge on any atom is 0.229 e. The molecule has 0 amide bonds. The van der Waals surface area contributed by atoms with Crippen LogP contribution in [0.15, 0.2) is 12.3 Å². The van der Waals surface area contributed by atoms with Crippen molar-refractivity contribution in [3.05, 3.63) is 18.0 Å². The lowest BCUT2D eigenvalue weighted by molar-refractivity contribution is 0.179. The van der Waals surface area contributed by atoms with Crippen molar-refractivity contribution in [2.24, 2.45) is 0 Å². The zero-order chi connectivity index (χ0) is 12.0. The zero-order valence-corrected chi connectivity index (χ0v) is 10.5. The average Bonchev–Trinajstić information content (AvgIpc) is 2.17. The van der Waals surface area contributed by atoms with E-state index < -0.39 is 0 Å². The Balaban J connectivity index is 2.45. The molecule has 1 rings (SSSR count). The summed E-state index contributed by atoms with van der Waals surface area (Å²) in [5.74, 6) is 0.502. The number of ether oxygens (including phenoxy) is 1. The maximum absolute atomic E-state index is 5.11. The SMILES string of the molecule is COCC(C)NC(=S)Nc1nccc(C)n1. The Morgan fingerprint density at radius 1 is 1.62 bits per heavy atom. The van der Waals surface area contributed by atoms with Crippen molar-refractivity contribution in [3.63, 3.8) is 0 Å². The first kappa shape index (κ1) is 12.8. The van der Waals surface area contributed by atoms with Crippen LogP contribution in [0.2, 0.25) is 0 Å². The van der Waals surface area contributed by atoms with Crippen LogP contribution in [-0.4, -0.2) is 34.8 Å². The van der Waals surface area contributed by atoms with Crippen LogP contribution in [0.3, 0.4) is 0 Å². The lowest BCUT2D eigenvalue weighted by atomic mass is 10.4. The Hall–Kier alpha value is -1.27. The molecule has 1 aromatic rings. The lowest BCUT2D eigenvalue weighted by Gasteiger charge is -2.15. The Morgan fingerprint density at radius 2 is 2.38 bits per heavy atom. The molecule has 0 aliphatic heterocycles. The summed E-state index contributed by atoms with van der Waals surface area (Å²) in [6, 6.07) is 1.98. The van der Waals surface area contributed by atoms with Gasteiger partial charge in [0, 0.05) is 25.0 Å². The second-order valence-corrected chi connectivity index (χ2v) is 3.88. The first-order valence-electron chi connectivity index (χ1n) is 4.98. The predicted molar refractivity (Wildman–Crippen MR) is 67.5 cm³/mol. The largest absolute Gasteiger partial charge is 0.383 e. The van der Waals surface area contributed by atoms with Crippen molar-refractivity contribution >= 4 is 23.3 Å². The monoisotopic (exact) mass is 240 g/mol. The smallest absolute Gasteiger partial charge is 0.229 e. The summed E-state index contributed by atoms with van der Waals surface area (Å²) in [5.41, 5.74) is 0.894. The molecule has 1 aromatic heterocycles. The van der Waals surface area contributed by atoms with Crippen LogP contribution in [0.25, 0.3) is 0 Å². The molecule has 0 saturated heterocycles. The van der Waals surface area contributed by atoms with Gasteiger partial charge in [-0.1, -0.05) is 0 Å². The molecular formula is C10H16N4OS. The summed E-state index contributed by atoms with van der Waals surface area (Å²) in [6.07, 6.45) is 1.69. The molecule has 1 atom stereocenters. The number of aromatic nitrogens is 2. The second kappa shape index (κ2) is 6.34. The number of rotatable bonds is 4. The molecular weight excluding hydrogens is 224 g/mol. The minimum Gasteiger partial charge on any atom is -0.383 e. The molecule has 16 heavy (non-hydrogen) atoms. The highest BCUT2D eigenvalue weighted by Gasteiger charge is 2.04. The molecule has 88 valence electrons. The van der Waals surface area contributed by atoms with E-state index in [2.05, 4.69) is 20.6 Å². The van der Waals surface area contributed by atoms with E-state index in [4.69, 9.17) is 17.0 Å². The molecule has 0 aromatic carbocycles. The minimum atomic E-state index is 0.148. The Labute approximate surface area is 101 Å². The van der Waals surface area contributed by atoms with E-state index in [-0.39, 0.29) is 6.04 Å². The average molecular weight is 240 g/mol. The normalized spacial score (nSPS) is 11.9. The highest BCUT2D eigenvalue weighted by molar-refractivity contribution is 7.80. The van der Waals surface area contributed by atoms with Gasteiger partial charge in [0.15, 0.2) is 5.11 Å². The van der Waals surface area contributed by atoms with Crippen molar-refractivity contribution in [2.45, 2.75) is 19.9 Å². The van der Waals surface area contributed by atoms with Crippen LogP contribution < -0.4 is 10.6 Å². The Bertz CT molecular complexity index is 358. The molecule has 0 radical (unpaired) electrons. The number of hydrogen-bond acceptors (Lipinski definition) is 4. The summed E-state index contributed by atoms with van der Waals surface area (Å²) in [4.78, 5) is 8.24. The maximum atomic E-state index is 5.11. The van der Waals surface area contributed by atoms with Crippen LogP contribution in [0.4, 0.5) is 5.95 Å². The summed E-state index contributed by atoms with van der Waals surface area (Å²) in [7, 11) is 1.65. The third kappa shape index (κ3) is 4.50. The van der Waals surface area contributed by atoms with Crippen molar-refractivity contribution in [1.82, 2.24) is 15.3 Å². The van der Waals surface area contributed by atoms with Gasteiger partial charge in [-0.3, -0.25) is 0 Å². The molecule has 0 bridgehead atoms. The molecule has 0 aliphatic rings. The second-order valence-electron chi connectivity index (χ2n) is 3.48. The van der Waals surface area contributed by atoms with Crippen molar-refractivity contribution in [1.29, 1.82) is 0 Å². The van der Waals surface area contributed by atoms with Gasteiger partial charge in [-0.15, -0.1) is 0 Å². The molecule has 6 heteroatoms. The summed E-state index contributed by atoms with van der Waals surface area (Å²) < 4.78 is 4.99. The number of anilines is 1. The van der Waals surface area contributed by atoms with Gasteiger partial charge in [-0.05, 0) is 32.1 Å². The molecule has 5 nitrogen and oxygen atoms in total. The van der Waals surface area contributed by atoms with Gasteiger partial charge in [0.05, 0.1) is 6.61 Å². The third-order valence-electron chi connectivity index (χ3n) is 1.81. The minimum absolute atomic E-state index is 0.148. The van der Waals surface area contributed by atoms with E-state index in [9.17, 15) is 0 Å². The Morgan fingerprint density at radius 3 is 3.00 bits per heavy atom. The highest BCUT2D eigenvalue weighted by Crippen LogP contribution is 1.98. The van der Waals surface area contributed by atoms with Gasteiger partial charge in [-0.2, -0.15) is 0 Å². The summed E-state index contributed by atoms with van der Waals surface area (Å²) >= 11 is 5.11. The molecule has 0 saturated carbocycles. The third-order valence-corrected chi connectivity index (χ3v) is 2.03. The summed E-state index contributed by atoms with van der Waals surface area (Å²) in [6.45, 7) is 4.47. The quantitative estimate of drug-likeness (QED) is 0.769. The Kier molecular flexibility index (Phi) is 5.07. The van der Waals surface area contributed by atoms with E-state index in [1.165, 1.54) is 0 Å². The highest BCUT2D eigenvalue weighted by atomic mass is 32.1. The fraction of sp³-hybridized carbons (Fsp3) is 0.500. The van der Waals surface area contributed by atoms with E-state index in [1.54, 1.807) is 13.3 Å². The fourth-order valence-corrected chi connectivity index (χ4v) is 1.45. The molecule has 0 aliphatic carbocycles. The van der Waals surface area contributed by atoms with Crippen LogP contribution in [0.1, 0.15) is 12.6 Å². The van der Waals surface area contributed by atoms with Crippen molar-refractivity contribution in [2.75, 3.05) is 19.0 Å². The van der Waals surface area contributed by atoms with Gasteiger partial charge in [-0.25, -0.2) is 9.97 Å². The molecule has 1 heterocycles. The number of hydrogen-bond donors (Lipinski definition) is 2. The zero-order valence-electron chi connectivity index (χ0n) is 9.65. The summed E-state index contributed by atoms with van der Waals surface area (Å²) in [5, 5.41) is 6.47. The number of aryl methyl sites for hydroxylation is 1.